The van der Waals surface area contributed by atoms with Crippen LogP contribution in [0.4, 0.5) is 0 Å². The molecule has 3 nitrogen and oxygen atoms in total. The van der Waals surface area contributed by atoms with Gasteiger partial charge in [0.25, 0.3) is 0 Å². The molecule has 1 aliphatic carbocycles. The van der Waals surface area contributed by atoms with Crippen LogP contribution in [0.25, 0.3) is 0 Å². The highest BCUT2D eigenvalue weighted by Gasteiger charge is 2.43. The summed E-state index contributed by atoms with van der Waals surface area (Å²) in [6, 6.07) is 2.36. The summed E-state index contributed by atoms with van der Waals surface area (Å²) in [5.74, 6) is 0.118. The van der Waals surface area contributed by atoms with Crippen LogP contribution < -0.4 is 0 Å². The largest absolute Gasteiger partial charge is 0.341 e. The molecule has 0 aromatic rings. The van der Waals surface area contributed by atoms with Crippen LogP contribution in [0.5, 0.6) is 0 Å². The van der Waals surface area contributed by atoms with Crippen LogP contribution in [0.1, 0.15) is 65.2 Å². The Morgan fingerprint density at radius 2 is 1.74 bits per heavy atom. The quantitative estimate of drug-likeness (QED) is 0.764. The number of rotatable bonds is 2. The molecule has 1 saturated heterocycles. The van der Waals surface area contributed by atoms with E-state index in [1.165, 1.54) is 12.8 Å². The number of hydrogen-bond acceptors (Lipinski definition) is 2. The second-order valence-electron chi connectivity index (χ2n) is 6.71. The van der Waals surface area contributed by atoms with Crippen molar-refractivity contribution in [1.29, 1.82) is 5.26 Å². The monoisotopic (exact) mass is 262 g/mol. The fourth-order valence-electron chi connectivity index (χ4n) is 3.43. The fraction of sp³-hybridized carbons (Fsp3) is 0.875. The SMILES string of the molecule is CCC1(C)CCN(C(=O)C2(C#N)CCCCC2)CC1. The molecule has 0 radical (unpaired) electrons. The van der Waals surface area contributed by atoms with Gasteiger partial charge in [-0.1, -0.05) is 39.5 Å². The first-order chi connectivity index (χ1) is 9.05. The Labute approximate surface area is 117 Å². The van der Waals surface area contributed by atoms with E-state index in [0.717, 1.165) is 51.6 Å². The van der Waals surface area contributed by atoms with Gasteiger partial charge in [0.05, 0.1) is 6.07 Å². The molecule has 106 valence electrons. The van der Waals surface area contributed by atoms with Crippen molar-refractivity contribution in [2.75, 3.05) is 13.1 Å². The number of hydrogen-bond donors (Lipinski definition) is 0. The van der Waals surface area contributed by atoms with Crippen molar-refractivity contribution in [2.45, 2.75) is 65.2 Å². The van der Waals surface area contributed by atoms with Crippen molar-refractivity contribution in [3.8, 4) is 6.07 Å². The second-order valence-corrected chi connectivity index (χ2v) is 6.71. The Kier molecular flexibility index (Phi) is 4.18. The van der Waals surface area contributed by atoms with Crippen LogP contribution in [-0.2, 0) is 4.79 Å². The van der Waals surface area contributed by atoms with Gasteiger partial charge in [0.2, 0.25) is 5.91 Å². The van der Waals surface area contributed by atoms with Crippen LogP contribution >= 0.6 is 0 Å². The van der Waals surface area contributed by atoms with Gasteiger partial charge >= 0.3 is 0 Å². The van der Waals surface area contributed by atoms with Gasteiger partial charge in [-0.3, -0.25) is 4.79 Å². The summed E-state index contributed by atoms with van der Waals surface area (Å²) in [7, 11) is 0. The van der Waals surface area contributed by atoms with Gasteiger partial charge in [0, 0.05) is 13.1 Å². The van der Waals surface area contributed by atoms with Crippen LogP contribution in [-0.4, -0.2) is 23.9 Å². The van der Waals surface area contributed by atoms with Gasteiger partial charge in [-0.05, 0) is 31.1 Å². The van der Waals surface area contributed by atoms with Gasteiger partial charge in [-0.25, -0.2) is 0 Å². The predicted molar refractivity (Wildman–Crippen MR) is 75.3 cm³/mol. The first-order valence-corrected chi connectivity index (χ1v) is 7.76. The minimum absolute atomic E-state index is 0.118. The lowest BCUT2D eigenvalue weighted by Gasteiger charge is -2.42. The van der Waals surface area contributed by atoms with E-state index in [1.807, 2.05) is 4.90 Å². The summed E-state index contributed by atoms with van der Waals surface area (Å²) in [4.78, 5) is 14.7. The summed E-state index contributed by atoms with van der Waals surface area (Å²) in [6.45, 7) is 6.23. The molecule has 0 aromatic carbocycles. The minimum atomic E-state index is -0.696. The molecular weight excluding hydrogens is 236 g/mol. The van der Waals surface area contributed by atoms with Gasteiger partial charge in [-0.15, -0.1) is 0 Å². The normalized spacial score (nSPS) is 25.6. The van der Waals surface area contributed by atoms with E-state index in [1.54, 1.807) is 0 Å². The molecule has 1 heterocycles. The van der Waals surface area contributed by atoms with E-state index >= 15 is 0 Å². The van der Waals surface area contributed by atoms with E-state index < -0.39 is 5.41 Å². The van der Waals surface area contributed by atoms with Crippen LogP contribution in [0.2, 0.25) is 0 Å². The van der Waals surface area contributed by atoms with Crippen molar-refractivity contribution in [1.82, 2.24) is 4.90 Å². The lowest BCUT2D eigenvalue weighted by molar-refractivity contribution is -0.142. The highest BCUT2D eigenvalue weighted by Crippen LogP contribution is 2.40. The van der Waals surface area contributed by atoms with Gasteiger partial charge in [0.15, 0.2) is 0 Å². The Morgan fingerprint density at radius 1 is 1.16 bits per heavy atom. The summed E-state index contributed by atoms with van der Waals surface area (Å²) in [6.07, 6.45) is 8.10. The first-order valence-electron chi connectivity index (χ1n) is 7.76. The Morgan fingerprint density at radius 3 is 2.21 bits per heavy atom. The number of carbonyl (C=O) groups is 1. The van der Waals surface area contributed by atoms with Crippen LogP contribution in [0.3, 0.4) is 0 Å². The molecule has 0 bridgehead atoms. The average molecular weight is 262 g/mol. The van der Waals surface area contributed by atoms with E-state index in [2.05, 4.69) is 19.9 Å². The lowest BCUT2D eigenvalue weighted by atomic mass is 9.73. The summed E-state index contributed by atoms with van der Waals surface area (Å²) in [5.41, 5.74) is -0.304. The highest BCUT2D eigenvalue weighted by molar-refractivity contribution is 5.85. The number of piperidine rings is 1. The van der Waals surface area contributed by atoms with E-state index in [4.69, 9.17) is 0 Å². The van der Waals surface area contributed by atoms with E-state index in [0.29, 0.717) is 5.41 Å². The maximum atomic E-state index is 12.7. The number of amides is 1. The first kappa shape index (κ1) is 14.4. The predicted octanol–water partition coefficient (Wildman–Crippen LogP) is 3.50. The van der Waals surface area contributed by atoms with Gasteiger partial charge in [0.1, 0.15) is 5.41 Å². The topological polar surface area (TPSA) is 44.1 Å². The third-order valence-corrected chi connectivity index (χ3v) is 5.44. The number of carbonyl (C=O) groups excluding carboxylic acids is 1. The number of nitriles is 1. The van der Waals surface area contributed by atoms with Crippen molar-refractivity contribution in [2.24, 2.45) is 10.8 Å². The van der Waals surface area contributed by atoms with Crippen molar-refractivity contribution in [3.05, 3.63) is 0 Å². The minimum Gasteiger partial charge on any atom is -0.341 e. The Hall–Kier alpha value is -1.04. The maximum absolute atomic E-state index is 12.7. The third-order valence-electron chi connectivity index (χ3n) is 5.44. The third kappa shape index (κ3) is 2.78. The van der Waals surface area contributed by atoms with Crippen LogP contribution in [0.15, 0.2) is 0 Å². The Balaban J connectivity index is 2.02. The molecule has 1 aliphatic heterocycles. The standard InChI is InChI=1S/C16H26N2O/c1-3-15(2)9-11-18(12-10-15)14(19)16(13-17)7-5-4-6-8-16/h3-12H2,1-2H3. The van der Waals surface area contributed by atoms with Crippen LogP contribution in [0, 0.1) is 22.2 Å². The molecule has 1 amide bonds. The molecule has 0 N–H and O–H groups in total. The smallest absolute Gasteiger partial charge is 0.243 e. The molecule has 2 rings (SSSR count). The highest BCUT2D eigenvalue weighted by atomic mass is 16.2. The van der Waals surface area contributed by atoms with Crippen molar-refractivity contribution < 1.29 is 4.79 Å². The summed E-state index contributed by atoms with van der Waals surface area (Å²) >= 11 is 0. The van der Waals surface area contributed by atoms with Crippen molar-refractivity contribution >= 4 is 5.91 Å². The summed E-state index contributed by atoms with van der Waals surface area (Å²) in [5, 5.41) is 9.49. The average Bonchev–Trinajstić information content (AvgIpc) is 2.48. The molecule has 0 unspecified atom stereocenters. The molecular formula is C16H26N2O. The zero-order valence-corrected chi connectivity index (χ0v) is 12.4. The second kappa shape index (κ2) is 5.53. The number of likely N-dealkylation sites (tertiary alicyclic amines) is 1. The zero-order valence-electron chi connectivity index (χ0n) is 12.4. The number of nitrogens with zero attached hydrogens (tertiary/aromatic N) is 2. The molecule has 0 aromatic heterocycles. The van der Waals surface area contributed by atoms with Gasteiger partial charge in [-0.2, -0.15) is 5.26 Å². The molecule has 0 atom stereocenters. The van der Waals surface area contributed by atoms with E-state index in [9.17, 15) is 10.1 Å². The summed E-state index contributed by atoms with van der Waals surface area (Å²) < 4.78 is 0. The fourth-order valence-corrected chi connectivity index (χ4v) is 3.43. The van der Waals surface area contributed by atoms with E-state index in [-0.39, 0.29) is 5.91 Å². The molecule has 3 heteroatoms. The molecule has 1 saturated carbocycles. The zero-order chi connectivity index (χ0) is 13.9. The molecule has 2 fully saturated rings. The molecule has 19 heavy (non-hydrogen) atoms. The molecule has 2 aliphatic rings. The Bertz CT molecular complexity index is 369. The maximum Gasteiger partial charge on any atom is 0.243 e. The van der Waals surface area contributed by atoms with Gasteiger partial charge < -0.3 is 4.90 Å². The molecule has 0 spiro atoms. The lowest BCUT2D eigenvalue weighted by Crippen LogP contribution is -2.49. The van der Waals surface area contributed by atoms with Crippen molar-refractivity contribution in [3.63, 3.8) is 0 Å².